The lowest BCUT2D eigenvalue weighted by Gasteiger charge is -2.59. The minimum Gasteiger partial charge on any atom is -0.458 e. The van der Waals surface area contributed by atoms with Crippen LogP contribution in [0.5, 0.6) is 0 Å². The maximum atomic E-state index is 13.4. The van der Waals surface area contributed by atoms with Crippen LogP contribution in [0.25, 0.3) is 0 Å². The van der Waals surface area contributed by atoms with Gasteiger partial charge in [-0.3, -0.25) is 24.2 Å². The molecule has 3 saturated carbocycles. The van der Waals surface area contributed by atoms with Crippen LogP contribution in [0.4, 0.5) is 0 Å². The molecule has 9 nitrogen and oxygen atoms in total. The molecule has 0 radical (unpaired) electrons. The third kappa shape index (κ3) is 4.83. The van der Waals surface area contributed by atoms with Gasteiger partial charge in [0.05, 0.1) is 24.8 Å². The number of amides is 1. The van der Waals surface area contributed by atoms with Crippen molar-refractivity contribution < 1.29 is 34.1 Å². The number of aliphatic hydroxyl groups excluding tert-OH is 1. The summed E-state index contributed by atoms with van der Waals surface area (Å²) in [4.78, 5) is 53.9. The average molecular weight is 551 g/mol. The monoisotopic (exact) mass is 550 g/mol. The van der Waals surface area contributed by atoms with Crippen LogP contribution >= 0.6 is 0 Å². The molecule has 0 saturated heterocycles. The summed E-state index contributed by atoms with van der Waals surface area (Å²) in [6, 6.07) is 5.37. The Morgan fingerprint density at radius 1 is 1.18 bits per heavy atom. The second-order valence-corrected chi connectivity index (χ2v) is 12.3. The Labute approximate surface area is 234 Å². The molecular weight excluding hydrogens is 512 g/mol. The number of ketones is 2. The molecule has 1 aromatic heterocycles. The van der Waals surface area contributed by atoms with Crippen LogP contribution in [0.3, 0.4) is 0 Å². The number of ether oxygens (including phenoxy) is 1. The summed E-state index contributed by atoms with van der Waals surface area (Å²) in [5.74, 6) is -1.62. The quantitative estimate of drug-likeness (QED) is 0.419. The van der Waals surface area contributed by atoms with E-state index in [1.807, 2.05) is 19.1 Å². The van der Waals surface area contributed by atoms with Crippen LogP contribution in [0.2, 0.25) is 0 Å². The number of pyridine rings is 1. The van der Waals surface area contributed by atoms with E-state index in [0.717, 1.165) is 18.4 Å². The number of esters is 1. The molecule has 0 aromatic carbocycles. The van der Waals surface area contributed by atoms with E-state index in [4.69, 9.17) is 4.74 Å². The Bertz CT molecular complexity index is 1260. The Balaban J connectivity index is 1.18. The highest BCUT2D eigenvalue weighted by Crippen LogP contribution is 2.67. The number of carbonyl (C=O) groups is 4. The zero-order valence-corrected chi connectivity index (χ0v) is 23.1. The van der Waals surface area contributed by atoms with E-state index in [2.05, 4.69) is 17.2 Å². The molecule has 3 fully saturated rings. The molecule has 1 heterocycles. The number of Topliss-reactive ketones (excluding diaryl/α,β-unsaturated/α-hetero) is 1. The van der Waals surface area contributed by atoms with E-state index >= 15 is 0 Å². The number of aromatic nitrogens is 1. The molecule has 7 atom stereocenters. The van der Waals surface area contributed by atoms with Gasteiger partial charge in [-0.15, -0.1) is 0 Å². The van der Waals surface area contributed by atoms with E-state index in [0.29, 0.717) is 12.1 Å². The predicted octanol–water partition coefficient (Wildman–Crippen LogP) is 2.60. The summed E-state index contributed by atoms with van der Waals surface area (Å²) in [5.41, 5.74) is -1.27. The first-order valence-electron chi connectivity index (χ1n) is 14.2. The van der Waals surface area contributed by atoms with Gasteiger partial charge in [0, 0.05) is 29.4 Å². The molecule has 9 heteroatoms. The fraction of sp³-hybridized carbons (Fsp3) is 0.581. The van der Waals surface area contributed by atoms with Gasteiger partial charge in [-0.2, -0.15) is 0 Å². The van der Waals surface area contributed by atoms with Crippen molar-refractivity contribution in [2.24, 2.45) is 28.6 Å². The Morgan fingerprint density at radius 2 is 1.98 bits per heavy atom. The Morgan fingerprint density at radius 3 is 2.73 bits per heavy atom. The normalized spacial score (nSPS) is 36.1. The first kappa shape index (κ1) is 28.4. The number of carbonyl (C=O) groups excluding carboxylic acids is 4. The molecule has 0 bridgehead atoms. The summed E-state index contributed by atoms with van der Waals surface area (Å²) in [7, 11) is 0. The fourth-order valence-electron chi connectivity index (χ4n) is 8.12. The van der Waals surface area contributed by atoms with Crippen LogP contribution in [0.1, 0.15) is 64.5 Å². The van der Waals surface area contributed by atoms with Crippen molar-refractivity contribution in [2.75, 3.05) is 6.61 Å². The molecule has 0 aliphatic heterocycles. The summed E-state index contributed by atoms with van der Waals surface area (Å²) in [6.07, 6.45) is 8.45. The summed E-state index contributed by atoms with van der Waals surface area (Å²) in [5, 5.41) is 25.9. The third-order valence-corrected chi connectivity index (χ3v) is 10.2. The van der Waals surface area contributed by atoms with E-state index < -0.39 is 40.9 Å². The molecule has 40 heavy (non-hydrogen) atoms. The van der Waals surface area contributed by atoms with Gasteiger partial charge in [0.2, 0.25) is 11.7 Å². The van der Waals surface area contributed by atoms with Crippen molar-refractivity contribution in [2.45, 2.75) is 77.0 Å². The maximum Gasteiger partial charge on any atom is 0.306 e. The zero-order valence-electron chi connectivity index (χ0n) is 23.1. The van der Waals surface area contributed by atoms with Crippen molar-refractivity contribution >= 4 is 23.4 Å². The standard InChI is InChI=1S/C31H38N2O7/c1-29-12-10-21(34)15-19(29)6-7-22-23-11-13-31(39,30(23,2)16-24(35)28(22)29)25(36)18-40-27(38)9-8-26(37)33-17-20-5-3-4-14-32-20/h3-5,10,12,14-15,22-24,28,35,39H,6-9,11,13,16-18H2,1-2H3,(H,33,37)/t22-,23-,24-,28+,29-,30-,31-/m0/s1. The van der Waals surface area contributed by atoms with E-state index in [1.165, 1.54) is 0 Å². The second kappa shape index (κ2) is 10.7. The summed E-state index contributed by atoms with van der Waals surface area (Å²) in [6.45, 7) is 3.63. The van der Waals surface area contributed by atoms with E-state index in [9.17, 15) is 29.4 Å². The van der Waals surface area contributed by atoms with Crippen molar-refractivity contribution in [1.29, 1.82) is 0 Å². The molecule has 4 aliphatic rings. The van der Waals surface area contributed by atoms with Gasteiger partial charge in [0.15, 0.2) is 12.4 Å². The number of hydrogen-bond acceptors (Lipinski definition) is 8. The highest BCUT2D eigenvalue weighted by molar-refractivity contribution is 6.01. The van der Waals surface area contributed by atoms with Crippen LogP contribution < -0.4 is 5.32 Å². The molecule has 0 unspecified atom stereocenters. The molecule has 0 spiro atoms. The van der Waals surface area contributed by atoms with Gasteiger partial charge in [-0.25, -0.2) is 0 Å². The van der Waals surface area contributed by atoms with Crippen molar-refractivity contribution in [1.82, 2.24) is 10.3 Å². The van der Waals surface area contributed by atoms with Gasteiger partial charge in [-0.05, 0) is 68.2 Å². The molecule has 4 aliphatic carbocycles. The highest BCUT2D eigenvalue weighted by Gasteiger charge is 2.68. The zero-order chi connectivity index (χ0) is 28.7. The van der Waals surface area contributed by atoms with Gasteiger partial charge in [0.1, 0.15) is 5.60 Å². The second-order valence-electron chi connectivity index (χ2n) is 12.3. The number of allylic oxidation sites excluding steroid dienone is 4. The minimum atomic E-state index is -1.72. The molecule has 1 amide bonds. The third-order valence-electron chi connectivity index (χ3n) is 10.2. The molecule has 214 valence electrons. The number of nitrogens with zero attached hydrogens (tertiary/aromatic N) is 1. The number of nitrogens with one attached hydrogen (secondary N) is 1. The van der Waals surface area contributed by atoms with Crippen molar-refractivity contribution in [3.8, 4) is 0 Å². The van der Waals surface area contributed by atoms with Gasteiger partial charge in [-0.1, -0.05) is 31.6 Å². The molecule has 3 N–H and O–H groups in total. The topological polar surface area (TPSA) is 143 Å². The summed E-state index contributed by atoms with van der Waals surface area (Å²) < 4.78 is 5.20. The van der Waals surface area contributed by atoms with Crippen LogP contribution in [0, 0.1) is 28.6 Å². The van der Waals surface area contributed by atoms with Gasteiger partial charge >= 0.3 is 5.97 Å². The van der Waals surface area contributed by atoms with Gasteiger partial charge in [0.25, 0.3) is 0 Å². The van der Waals surface area contributed by atoms with Crippen LogP contribution in [-0.2, 0) is 30.5 Å². The lowest BCUT2D eigenvalue weighted by molar-refractivity contribution is -0.181. The Hall–Kier alpha value is -3.17. The van der Waals surface area contributed by atoms with E-state index in [-0.39, 0.29) is 61.7 Å². The SMILES string of the molecule is C[C@]12C=CC(=O)C=C1CC[C@@H]1[C@@H]2[C@@H](O)C[C@@]2(C)[C@H]1CC[C@]2(O)C(=O)COC(=O)CCC(=O)NCc1ccccn1. The van der Waals surface area contributed by atoms with Crippen LogP contribution in [-0.4, -0.2) is 57.0 Å². The number of fused-ring (bicyclic) bond motifs is 5. The summed E-state index contributed by atoms with van der Waals surface area (Å²) >= 11 is 0. The van der Waals surface area contributed by atoms with Crippen molar-refractivity contribution in [3.63, 3.8) is 0 Å². The predicted molar refractivity (Wildman–Crippen MR) is 144 cm³/mol. The maximum absolute atomic E-state index is 13.4. The first-order chi connectivity index (χ1) is 19.0. The highest BCUT2D eigenvalue weighted by atomic mass is 16.5. The molecule has 1 aromatic rings. The first-order valence-corrected chi connectivity index (χ1v) is 14.2. The van der Waals surface area contributed by atoms with Gasteiger partial charge < -0.3 is 20.3 Å². The minimum absolute atomic E-state index is 0.0118. The lowest BCUT2D eigenvalue weighted by atomic mass is 9.46. The lowest BCUT2D eigenvalue weighted by Crippen LogP contribution is -2.61. The van der Waals surface area contributed by atoms with Crippen molar-refractivity contribution in [3.05, 3.63) is 53.9 Å². The molecular formula is C31H38N2O7. The fourth-order valence-corrected chi connectivity index (χ4v) is 8.12. The number of hydrogen-bond donors (Lipinski definition) is 3. The van der Waals surface area contributed by atoms with Crippen LogP contribution in [0.15, 0.2) is 48.2 Å². The number of aliphatic hydroxyl groups is 2. The Kier molecular flexibility index (Phi) is 7.56. The molecule has 5 rings (SSSR count). The number of rotatable bonds is 8. The largest absolute Gasteiger partial charge is 0.458 e. The van der Waals surface area contributed by atoms with E-state index in [1.54, 1.807) is 30.5 Å². The average Bonchev–Trinajstić information content (AvgIpc) is 3.20. The smallest absolute Gasteiger partial charge is 0.306 e.